The first-order valence-electron chi connectivity index (χ1n) is 13.3. The number of benzene rings is 1. The van der Waals surface area contributed by atoms with Gasteiger partial charge in [-0.1, -0.05) is 17.4 Å². The summed E-state index contributed by atoms with van der Waals surface area (Å²) in [6, 6.07) is 7.19. The van der Waals surface area contributed by atoms with Crippen molar-refractivity contribution in [2.45, 2.75) is 12.5 Å². The van der Waals surface area contributed by atoms with Crippen LogP contribution < -0.4 is 10.6 Å². The van der Waals surface area contributed by atoms with Crippen LogP contribution >= 0.6 is 12.2 Å². The van der Waals surface area contributed by atoms with E-state index in [0.717, 1.165) is 11.3 Å². The normalized spacial score (nSPS) is 17.1. The van der Waals surface area contributed by atoms with Crippen molar-refractivity contribution in [3.63, 3.8) is 0 Å². The monoisotopic (exact) mass is 616 g/mol. The number of carboxylic acid groups (broad SMARTS) is 2. The second kappa shape index (κ2) is 19.1. The lowest BCUT2D eigenvalue weighted by Gasteiger charge is -2.34. The molecule has 1 aliphatic rings. The van der Waals surface area contributed by atoms with Crippen molar-refractivity contribution in [1.82, 2.24) is 25.2 Å². The van der Waals surface area contributed by atoms with Crippen LogP contribution in [0.4, 0.5) is 10.5 Å². The molecule has 0 bridgehead atoms. The Morgan fingerprint density at radius 2 is 1.62 bits per heavy atom. The second-order valence-corrected chi connectivity index (χ2v) is 9.88. The second-order valence-electron chi connectivity index (χ2n) is 9.48. The summed E-state index contributed by atoms with van der Waals surface area (Å²) >= 11 is 5.31. The first-order chi connectivity index (χ1) is 20.0. The molecule has 16 nitrogen and oxygen atoms in total. The summed E-state index contributed by atoms with van der Waals surface area (Å²) in [6.45, 7) is 2.17. The van der Waals surface area contributed by atoms with Crippen molar-refractivity contribution in [3.05, 3.63) is 29.8 Å². The minimum Gasteiger partial charge on any atom is -0.480 e. The van der Waals surface area contributed by atoms with E-state index in [1.807, 2.05) is 24.3 Å². The molecule has 2 rings (SSSR count). The van der Waals surface area contributed by atoms with Gasteiger partial charge in [0.05, 0.1) is 33.4 Å². The summed E-state index contributed by atoms with van der Waals surface area (Å²) in [4.78, 5) is 38.9. The van der Waals surface area contributed by atoms with Gasteiger partial charge >= 0.3 is 18.1 Å². The molecule has 1 heterocycles. The third-order valence-electron chi connectivity index (χ3n) is 6.28. The van der Waals surface area contributed by atoms with Crippen LogP contribution in [0.25, 0.3) is 0 Å². The Morgan fingerprint density at radius 3 is 2.26 bits per heavy atom. The van der Waals surface area contributed by atoms with Crippen molar-refractivity contribution in [1.29, 1.82) is 0 Å². The lowest BCUT2D eigenvalue weighted by Crippen LogP contribution is -2.50. The van der Waals surface area contributed by atoms with E-state index in [4.69, 9.17) is 21.7 Å². The number of carbonyl (C=O) groups is 3. The van der Waals surface area contributed by atoms with Gasteiger partial charge in [-0.3, -0.25) is 34.7 Å². The minimum atomic E-state index is -1.01. The van der Waals surface area contributed by atoms with Gasteiger partial charge in [-0.05, 0) is 36.3 Å². The highest BCUT2D eigenvalue weighted by Crippen LogP contribution is 2.16. The molecule has 236 valence electrons. The van der Waals surface area contributed by atoms with Crippen LogP contribution in [0.5, 0.6) is 0 Å². The van der Waals surface area contributed by atoms with Gasteiger partial charge in [-0.15, -0.1) is 0 Å². The fraction of sp³-hybridized carbons (Fsp3) is 0.600. The summed E-state index contributed by atoms with van der Waals surface area (Å²) in [6.07, 6.45) is -0.292. The van der Waals surface area contributed by atoms with E-state index < -0.39 is 18.1 Å². The molecule has 1 saturated heterocycles. The number of ether oxygens (including phenoxy) is 3. The molecule has 0 spiro atoms. The van der Waals surface area contributed by atoms with Gasteiger partial charge in [-0.2, -0.15) is 0 Å². The molecule has 0 aromatic heterocycles. The smallest absolute Gasteiger partial charge is 0.480 e. The summed E-state index contributed by atoms with van der Waals surface area (Å²) in [5.41, 5.74) is 1.67. The van der Waals surface area contributed by atoms with Gasteiger partial charge in [0.25, 0.3) is 0 Å². The largest absolute Gasteiger partial charge is 0.508 e. The summed E-state index contributed by atoms with van der Waals surface area (Å²) in [7, 11) is 1.23. The fourth-order valence-electron chi connectivity index (χ4n) is 4.33. The SMILES string of the molecule is COC(=O)OCCOCCNC(=S)Nc1ccc(CC2CN(CC(=O)O)CCN(CC(=O)O)CCN2CN(O)O)cc1. The molecule has 1 aromatic rings. The van der Waals surface area contributed by atoms with Gasteiger partial charge in [0, 0.05) is 51.0 Å². The number of hydrogen-bond donors (Lipinski definition) is 6. The standard InChI is InChI=1S/C25H40N6O10S/c1-39-25(36)41-13-12-40-11-6-26-24(42)27-20-4-2-19(3-5-20)14-21-15-29(17-23(34)35)8-7-28(16-22(32)33)9-10-30(21)18-31(37)38/h2-5,21,37-38H,6-18H2,1H3,(H,32,33)(H,34,35)(H2,26,27,42). The number of aliphatic carboxylic acids is 2. The molecule has 0 radical (unpaired) electrons. The third kappa shape index (κ3) is 14.6. The Bertz CT molecular complexity index is 1000. The molecule has 0 saturated carbocycles. The van der Waals surface area contributed by atoms with Crippen LogP contribution in [0, 0.1) is 0 Å². The highest BCUT2D eigenvalue weighted by atomic mass is 32.1. The van der Waals surface area contributed by atoms with Gasteiger partial charge in [-0.25, -0.2) is 4.79 Å². The number of methoxy groups -OCH3 is 1. The van der Waals surface area contributed by atoms with E-state index in [2.05, 4.69) is 15.4 Å². The van der Waals surface area contributed by atoms with E-state index in [0.29, 0.717) is 57.4 Å². The Balaban J connectivity index is 1.96. The van der Waals surface area contributed by atoms with Crippen molar-refractivity contribution in [3.8, 4) is 0 Å². The van der Waals surface area contributed by atoms with Crippen LogP contribution in [0.2, 0.25) is 0 Å². The molecule has 1 aromatic carbocycles. The number of carbonyl (C=O) groups excluding carboxylic acids is 1. The van der Waals surface area contributed by atoms with E-state index in [-0.39, 0.29) is 44.2 Å². The molecule has 1 aliphatic heterocycles. The van der Waals surface area contributed by atoms with Crippen LogP contribution in [0.1, 0.15) is 5.56 Å². The number of thiocarbonyl (C=S) groups is 1. The number of carboxylic acids is 2. The number of nitrogens with zero attached hydrogens (tertiary/aromatic N) is 4. The molecule has 42 heavy (non-hydrogen) atoms. The Hall–Kier alpha value is -3.16. The lowest BCUT2D eigenvalue weighted by molar-refractivity contribution is -0.326. The van der Waals surface area contributed by atoms with Crippen molar-refractivity contribution in [2.24, 2.45) is 0 Å². The predicted molar refractivity (Wildman–Crippen MR) is 152 cm³/mol. The average molecular weight is 617 g/mol. The zero-order valence-corrected chi connectivity index (χ0v) is 24.3. The number of nitrogens with one attached hydrogen (secondary N) is 2. The molecule has 1 atom stereocenters. The maximum absolute atomic E-state index is 11.5. The molecule has 6 N–H and O–H groups in total. The van der Waals surface area contributed by atoms with Crippen LogP contribution in [-0.4, -0.2) is 156 Å². The zero-order valence-electron chi connectivity index (χ0n) is 23.5. The first kappa shape index (κ1) is 35.0. The van der Waals surface area contributed by atoms with Crippen LogP contribution in [0.3, 0.4) is 0 Å². The zero-order chi connectivity index (χ0) is 30.9. The Kier molecular flexibility index (Phi) is 15.9. The fourth-order valence-corrected chi connectivity index (χ4v) is 4.55. The highest BCUT2D eigenvalue weighted by molar-refractivity contribution is 7.80. The molecule has 1 unspecified atom stereocenters. The van der Waals surface area contributed by atoms with Crippen molar-refractivity contribution >= 4 is 41.1 Å². The van der Waals surface area contributed by atoms with E-state index >= 15 is 0 Å². The first-order valence-corrected chi connectivity index (χ1v) is 13.7. The highest BCUT2D eigenvalue weighted by Gasteiger charge is 2.27. The summed E-state index contributed by atoms with van der Waals surface area (Å²) < 4.78 is 14.4. The van der Waals surface area contributed by atoms with E-state index in [1.165, 1.54) is 7.11 Å². The van der Waals surface area contributed by atoms with Crippen molar-refractivity contribution < 1.29 is 49.2 Å². The molecular weight excluding hydrogens is 576 g/mol. The van der Waals surface area contributed by atoms with Crippen molar-refractivity contribution in [2.75, 3.05) is 91.3 Å². The molecule has 0 aliphatic carbocycles. The lowest BCUT2D eigenvalue weighted by atomic mass is 10.0. The third-order valence-corrected chi connectivity index (χ3v) is 6.52. The maximum atomic E-state index is 11.5. The minimum absolute atomic E-state index is 0.0656. The van der Waals surface area contributed by atoms with Crippen LogP contribution in [0.15, 0.2) is 24.3 Å². The molecule has 17 heteroatoms. The molecular formula is C25H40N6O10S. The molecule has 0 amide bonds. The van der Waals surface area contributed by atoms with Gasteiger partial charge < -0.3 is 35.1 Å². The summed E-state index contributed by atoms with van der Waals surface area (Å²) in [5.74, 6) is -2.00. The predicted octanol–water partition coefficient (Wildman–Crippen LogP) is -0.190. The maximum Gasteiger partial charge on any atom is 0.508 e. The van der Waals surface area contributed by atoms with E-state index in [1.54, 1.807) is 14.7 Å². The quantitative estimate of drug-likeness (QED) is 0.0656. The summed E-state index contributed by atoms with van der Waals surface area (Å²) in [5, 5.41) is 44.4. The Labute approximate surface area is 249 Å². The van der Waals surface area contributed by atoms with Gasteiger partial charge in [0.1, 0.15) is 13.3 Å². The van der Waals surface area contributed by atoms with Crippen LogP contribution in [-0.2, 0) is 30.2 Å². The number of hydroxylamine groups is 2. The number of hydrogen-bond acceptors (Lipinski definition) is 13. The molecule has 1 fully saturated rings. The number of rotatable bonds is 15. The van der Waals surface area contributed by atoms with Gasteiger partial charge in [0.15, 0.2) is 5.11 Å². The van der Waals surface area contributed by atoms with Gasteiger partial charge in [0.2, 0.25) is 0 Å². The van der Waals surface area contributed by atoms with E-state index in [9.17, 15) is 35.0 Å². The number of anilines is 1. The Morgan fingerprint density at radius 1 is 0.976 bits per heavy atom. The average Bonchev–Trinajstić information content (AvgIpc) is 2.98. The topological polar surface area (TPSA) is 197 Å².